The minimum atomic E-state index is -0.242. The van der Waals surface area contributed by atoms with Crippen LogP contribution in [0.15, 0.2) is 6.07 Å². The Bertz CT molecular complexity index is 380. The van der Waals surface area contributed by atoms with Crippen molar-refractivity contribution in [2.24, 2.45) is 0 Å². The summed E-state index contributed by atoms with van der Waals surface area (Å²) in [7, 11) is 0. The maximum absolute atomic E-state index is 5.61. The average Bonchev–Trinajstić information content (AvgIpc) is 2.26. The number of aromatic nitrogens is 2. The van der Waals surface area contributed by atoms with Crippen molar-refractivity contribution in [1.82, 2.24) is 9.97 Å². The third-order valence-corrected chi connectivity index (χ3v) is 2.33. The Hall–Kier alpha value is -1.36. The van der Waals surface area contributed by atoms with Crippen molar-refractivity contribution < 1.29 is 9.47 Å². The Labute approximate surface area is 109 Å². The zero-order chi connectivity index (χ0) is 13.6. The van der Waals surface area contributed by atoms with Crippen molar-refractivity contribution in [2.45, 2.75) is 40.2 Å². The van der Waals surface area contributed by atoms with E-state index < -0.39 is 0 Å². The molecule has 5 heteroatoms. The van der Waals surface area contributed by atoms with Gasteiger partial charge in [0.05, 0.1) is 12.2 Å². The van der Waals surface area contributed by atoms with Gasteiger partial charge in [-0.3, -0.25) is 0 Å². The molecule has 0 aromatic carbocycles. The van der Waals surface area contributed by atoms with Crippen LogP contribution >= 0.6 is 0 Å². The van der Waals surface area contributed by atoms with Gasteiger partial charge in [0, 0.05) is 24.9 Å². The summed E-state index contributed by atoms with van der Waals surface area (Å²) in [6.07, 6.45) is 0. The molecule has 0 bridgehead atoms. The van der Waals surface area contributed by atoms with E-state index in [2.05, 4.69) is 15.3 Å². The summed E-state index contributed by atoms with van der Waals surface area (Å²) < 4.78 is 11.0. The van der Waals surface area contributed by atoms with Gasteiger partial charge in [0.15, 0.2) is 0 Å². The van der Waals surface area contributed by atoms with Gasteiger partial charge in [-0.2, -0.15) is 4.98 Å². The molecule has 0 aliphatic heterocycles. The molecule has 0 unspecified atom stereocenters. The zero-order valence-corrected chi connectivity index (χ0v) is 11.9. The standard InChI is InChI=1S/C13H23N3O2/c1-6-17-11-8-10(3)15-12(16-11)14-9-13(4,5)18-7-2/h8H,6-7,9H2,1-5H3,(H,14,15,16). The van der Waals surface area contributed by atoms with E-state index in [4.69, 9.17) is 9.47 Å². The van der Waals surface area contributed by atoms with Gasteiger partial charge < -0.3 is 14.8 Å². The quantitative estimate of drug-likeness (QED) is 0.808. The molecule has 0 saturated heterocycles. The van der Waals surface area contributed by atoms with Crippen LogP contribution in [-0.2, 0) is 4.74 Å². The fraction of sp³-hybridized carbons (Fsp3) is 0.692. The van der Waals surface area contributed by atoms with Crippen LogP contribution in [0.3, 0.4) is 0 Å². The molecule has 18 heavy (non-hydrogen) atoms. The van der Waals surface area contributed by atoms with E-state index in [-0.39, 0.29) is 5.60 Å². The van der Waals surface area contributed by atoms with E-state index >= 15 is 0 Å². The molecule has 1 aromatic heterocycles. The molecule has 1 N–H and O–H groups in total. The second kappa shape index (κ2) is 6.54. The molecule has 0 spiro atoms. The number of nitrogens with zero attached hydrogens (tertiary/aromatic N) is 2. The summed E-state index contributed by atoms with van der Waals surface area (Å²) in [5, 5.41) is 3.18. The number of hydrogen-bond acceptors (Lipinski definition) is 5. The Morgan fingerprint density at radius 1 is 1.22 bits per heavy atom. The third-order valence-electron chi connectivity index (χ3n) is 2.33. The second-order valence-electron chi connectivity index (χ2n) is 4.65. The molecule has 0 fully saturated rings. The first-order valence-electron chi connectivity index (χ1n) is 6.33. The van der Waals surface area contributed by atoms with Gasteiger partial charge in [0.2, 0.25) is 11.8 Å². The molecule has 0 atom stereocenters. The van der Waals surface area contributed by atoms with Crippen molar-refractivity contribution in [3.05, 3.63) is 11.8 Å². The lowest BCUT2D eigenvalue weighted by molar-refractivity contribution is 0.000568. The summed E-state index contributed by atoms with van der Waals surface area (Å²) in [6, 6.07) is 1.82. The van der Waals surface area contributed by atoms with E-state index in [1.807, 2.05) is 40.7 Å². The lowest BCUT2D eigenvalue weighted by Gasteiger charge is -2.24. The second-order valence-corrected chi connectivity index (χ2v) is 4.65. The first-order valence-corrected chi connectivity index (χ1v) is 6.33. The number of aryl methyl sites for hydroxylation is 1. The van der Waals surface area contributed by atoms with Crippen LogP contribution < -0.4 is 10.1 Å². The summed E-state index contributed by atoms with van der Waals surface area (Å²) in [4.78, 5) is 8.61. The molecule has 1 rings (SSSR count). The van der Waals surface area contributed by atoms with Gasteiger partial charge >= 0.3 is 0 Å². The minimum absolute atomic E-state index is 0.242. The van der Waals surface area contributed by atoms with Crippen LogP contribution in [0.2, 0.25) is 0 Å². The van der Waals surface area contributed by atoms with E-state index in [0.29, 0.717) is 31.6 Å². The van der Waals surface area contributed by atoms with Crippen molar-refractivity contribution in [2.75, 3.05) is 25.1 Å². The SMILES string of the molecule is CCOc1cc(C)nc(NCC(C)(C)OCC)n1. The number of hydrogen-bond donors (Lipinski definition) is 1. The molecule has 0 amide bonds. The summed E-state index contributed by atoms with van der Waals surface area (Å²) in [5.74, 6) is 1.17. The molecular formula is C13H23N3O2. The van der Waals surface area contributed by atoms with Crippen molar-refractivity contribution in [3.63, 3.8) is 0 Å². The Morgan fingerprint density at radius 3 is 2.56 bits per heavy atom. The lowest BCUT2D eigenvalue weighted by Crippen LogP contribution is -2.33. The van der Waals surface area contributed by atoms with Gasteiger partial charge in [-0.15, -0.1) is 0 Å². The highest BCUT2D eigenvalue weighted by Crippen LogP contribution is 2.14. The molecule has 0 aliphatic carbocycles. The van der Waals surface area contributed by atoms with Crippen LogP contribution in [0.5, 0.6) is 5.88 Å². The predicted octanol–water partition coefficient (Wildman–Crippen LogP) is 2.41. The molecule has 1 aromatic rings. The van der Waals surface area contributed by atoms with Gasteiger partial charge in [0.25, 0.3) is 0 Å². The minimum Gasteiger partial charge on any atom is -0.478 e. The highest BCUT2D eigenvalue weighted by atomic mass is 16.5. The zero-order valence-electron chi connectivity index (χ0n) is 11.9. The Morgan fingerprint density at radius 2 is 1.94 bits per heavy atom. The molecule has 5 nitrogen and oxygen atoms in total. The molecule has 0 aliphatic rings. The Balaban J connectivity index is 2.66. The highest BCUT2D eigenvalue weighted by molar-refractivity contribution is 5.31. The van der Waals surface area contributed by atoms with E-state index in [1.54, 1.807) is 0 Å². The van der Waals surface area contributed by atoms with Crippen LogP contribution in [0.25, 0.3) is 0 Å². The van der Waals surface area contributed by atoms with Gasteiger partial charge in [0.1, 0.15) is 0 Å². The first-order chi connectivity index (χ1) is 8.46. The smallest absolute Gasteiger partial charge is 0.226 e. The maximum Gasteiger partial charge on any atom is 0.226 e. The molecule has 0 radical (unpaired) electrons. The normalized spacial score (nSPS) is 11.4. The summed E-state index contributed by atoms with van der Waals surface area (Å²) >= 11 is 0. The van der Waals surface area contributed by atoms with Gasteiger partial charge in [-0.05, 0) is 34.6 Å². The number of rotatable bonds is 7. The first kappa shape index (κ1) is 14.7. The lowest BCUT2D eigenvalue weighted by atomic mass is 10.1. The number of anilines is 1. The van der Waals surface area contributed by atoms with E-state index in [9.17, 15) is 0 Å². The molecule has 102 valence electrons. The number of nitrogens with one attached hydrogen (secondary N) is 1. The van der Waals surface area contributed by atoms with Crippen molar-refractivity contribution in [1.29, 1.82) is 0 Å². The molecule has 1 heterocycles. The van der Waals surface area contributed by atoms with Crippen LogP contribution in [0, 0.1) is 6.92 Å². The Kier molecular flexibility index (Phi) is 5.34. The van der Waals surface area contributed by atoms with Crippen molar-refractivity contribution in [3.8, 4) is 5.88 Å². The van der Waals surface area contributed by atoms with Crippen LogP contribution in [-0.4, -0.2) is 35.3 Å². The summed E-state index contributed by atoms with van der Waals surface area (Å²) in [6.45, 7) is 11.8. The maximum atomic E-state index is 5.61. The fourth-order valence-electron chi connectivity index (χ4n) is 1.57. The number of ether oxygens (including phenoxy) is 2. The monoisotopic (exact) mass is 253 g/mol. The third kappa shape index (κ3) is 4.87. The van der Waals surface area contributed by atoms with E-state index in [0.717, 1.165) is 5.69 Å². The van der Waals surface area contributed by atoms with Crippen LogP contribution in [0.1, 0.15) is 33.4 Å². The fourth-order valence-corrected chi connectivity index (χ4v) is 1.57. The topological polar surface area (TPSA) is 56.3 Å². The summed E-state index contributed by atoms with van der Waals surface area (Å²) in [5.41, 5.74) is 0.637. The molecule has 0 saturated carbocycles. The van der Waals surface area contributed by atoms with Gasteiger partial charge in [-0.1, -0.05) is 0 Å². The molecular weight excluding hydrogens is 230 g/mol. The van der Waals surface area contributed by atoms with Crippen LogP contribution in [0.4, 0.5) is 5.95 Å². The predicted molar refractivity (Wildman–Crippen MR) is 72.1 cm³/mol. The largest absolute Gasteiger partial charge is 0.478 e. The van der Waals surface area contributed by atoms with Gasteiger partial charge in [-0.25, -0.2) is 4.98 Å². The van der Waals surface area contributed by atoms with E-state index in [1.165, 1.54) is 0 Å². The highest BCUT2D eigenvalue weighted by Gasteiger charge is 2.17. The average molecular weight is 253 g/mol. The van der Waals surface area contributed by atoms with Crippen molar-refractivity contribution >= 4 is 5.95 Å².